The van der Waals surface area contributed by atoms with E-state index in [0.29, 0.717) is 17.9 Å². The second-order valence-corrected chi connectivity index (χ2v) is 7.15. The highest BCUT2D eigenvalue weighted by Gasteiger charge is 2.34. The molecule has 1 aliphatic heterocycles. The third kappa shape index (κ3) is 4.45. The number of hydrogen-bond acceptors (Lipinski definition) is 8. The van der Waals surface area contributed by atoms with Crippen molar-refractivity contribution in [3.8, 4) is 5.69 Å². The molecule has 11 nitrogen and oxygen atoms in total. The van der Waals surface area contributed by atoms with E-state index >= 15 is 0 Å². The number of anilines is 1. The quantitative estimate of drug-likeness (QED) is 0.575. The van der Waals surface area contributed by atoms with Crippen molar-refractivity contribution in [2.24, 2.45) is 0 Å². The minimum Gasteiger partial charge on any atom is -0.452 e. The van der Waals surface area contributed by atoms with Crippen molar-refractivity contribution >= 4 is 30.7 Å². The van der Waals surface area contributed by atoms with Crippen molar-refractivity contribution in [1.82, 2.24) is 29.1 Å². The largest absolute Gasteiger partial charge is 0.452 e. The van der Waals surface area contributed by atoms with Crippen LogP contribution in [0.4, 0.5) is 19.7 Å². The lowest BCUT2D eigenvalue weighted by atomic mass is 10.2. The topological polar surface area (TPSA) is 108 Å². The molecule has 1 saturated heterocycles. The normalized spacial score (nSPS) is 15.8. The van der Waals surface area contributed by atoms with Gasteiger partial charge in [-0.25, -0.2) is 18.7 Å². The fourth-order valence-corrected chi connectivity index (χ4v) is 3.36. The minimum absolute atomic E-state index is 0.0244. The Morgan fingerprint density at radius 3 is 3.00 bits per heavy atom. The summed E-state index contributed by atoms with van der Waals surface area (Å²) in [6, 6.07) is 6.08. The van der Waals surface area contributed by atoms with Gasteiger partial charge in [-0.15, -0.1) is 5.10 Å². The Kier molecular flexibility index (Phi) is 5.75. The molecule has 0 bridgehead atoms. The molecule has 1 aromatic carbocycles. The van der Waals surface area contributed by atoms with Gasteiger partial charge in [0.1, 0.15) is 17.5 Å². The third-order valence-corrected chi connectivity index (χ3v) is 4.88. The summed E-state index contributed by atoms with van der Waals surface area (Å²) >= 11 is 3.99. The van der Waals surface area contributed by atoms with Crippen LogP contribution in [-0.2, 0) is 16.0 Å². The summed E-state index contributed by atoms with van der Waals surface area (Å²) in [4.78, 5) is 24.9. The molecule has 31 heavy (non-hydrogen) atoms. The van der Waals surface area contributed by atoms with Crippen molar-refractivity contribution in [2.75, 3.05) is 25.1 Å². The minimum atomic E-state index is -0.673. The Hall–Kier alpha value is -3.61. The lowest BCUT2D eigenvalue weighted by Crippen LogP contribution is -2.33. The second kappa shape index (κ2) is 8.63. The highest BCUT2D eigenvalue weighted by Crippen LogP contribution is 2.26. The van der Waals surface area contributed by atoms with Gasteiger partial charge in [-0.2, -0.15) is 5.10 Å². The van der Waals surface area contributed by atoms with Gasteiger partial charge in [-0.1, -0.05) is 18.0 Å². The van der Waals surface area contributed by atoms with E-state index in [1.165, 1.54) is 28.8 Å². The highest BCUT2D eigenvalue weighted by molar-refractivity contribution is 7.78. The van der Waals surface area contributed by atoms with Gasteiger partial charge in [0.25, 0.3) is 0 Å². The molecule has 1 fully saturated rings. The number of methoxy groups -OCH3 is 1. The van der Waals surface area contributed by atoms with Crippen LogP contribution in [0.2, 0.25) is 0 Å². The summed E-state index contributed by atoms with van der Waals surface area (Å²) in [6.07, 6.45) is 3.09. The van der Waals surface area contributed by atoms with Crippen molar-refractivity contribution in [3.05, 3.63) is 54.4 Å². The monoisotopic (exact) mass is 447 g/mol. The van der Waals surface area contributed by atoms with Crippen LogP contribution in [-0.4, -0.2) is 67.6 Å². The number of ether oxygens (including phenoxy) is 2. The summed E-state index contributed by atoms with van der Waals surface area (Å²) in [7, 11) is 1.22. The Morgan fingerprint density at radius 2 is 2.29 bits per heavy atom. The number of aromatic nitrogens is 5. The number of thiol groups is 1. The number of halogens is 1. The molecule has 1 aliphatic rings. The van der Waals surface area contributed by atoms with Crippen LogP contribution in [0.1, 0.15) is 5.69 Å². The van der Waals surface area contributed by atoms with Gasteiger partial charge in [0.05, 0.1) is 38.6 Å². The van der Waals surface area contributed by atoms with Gasteiger partial charge in [0.15, 0.2) is 5.82 Å². The number of rotatable bonds is 6. The zero-order valence-electron chi connectivity index (χ0n) is 16.3. The lowest BCUT2D eigenvalue weighted by molar-refractivity contribution is 0.115. The Labute approximate surface area is 181 Å². The van der Waals surface area contributed by atoms with Crippen LogP contribution in [0.3, 0.4) is 0 Å². The molecule has 2 aromatic heterocycles. The van der Waals surface area contributed by atoms with E-state index in [4.69, 9.17) is 4.74 Å². The molecular formula is C18H18FN7O4S. The van der Waals surface area contributed by atoms with Crippen molar-refractivity contribution in [3.63, 3.8) is 0 Å². The average molecular weight is 447 g/mol. The van der Waals surface area contributed by atoms with Crippen LogP contribution in [0.25, 0.3) is 5.69 Å². The molecule has 1 atom stereocenters. The van der Waals surface area contributed by atoms with Crippen LogP contribution >= 0.6 is 12.8 Å². The van der Waals surface area contributed by atoms with Gasteiger partial charge >= 0.3 is 12.2 Å². The molecule has 0 spiro atoms. The predicted octanol–water partition coefficient (Wildman–Crippen LogP) is 1.89. The molecule has 1 unspecified atom stereocenters. The van der Waals surface area contributed by atoms with Crippen molar-refractivity contribution < 1.29 is 23.5 Å². The van der Waals surface area contributed by atoms with E-state index in [2.05, 4.69) is 33.0 Å². The van der Waals surface area contributed by atoms with Crippen molar-refractivity contribution in [2.45, 2.75) is 12.6 Å². The first kappa shape index (κ1) is 20.7. The van der Waals surface area contributed by atoms with Gasteiger partial charge in [0.2, 0.25) is 0 Å². The summed E-state index contributed by atoms with van der Waals surface area (Å²) < 4.78 is 28.6. The first-order valence-corrected chi connectivity index (χ1v) is 9.55. The van der Waals surface area contributed by atoms with E-state index in [9.17, 15) is 14.0 Å². The number of carbonyl (C=O) groups excluding carboxylic acids is 2. The standard InChI is InChI=1S/C18H18FN7O4S/c1-29-18(28)26(31)11-14-10-24(17(27)30-14)13-3-4-16(15(19)7-13)25-9-12(21-22-25)8-23-6-2-5-20-23/h2-7,9,14,31H,8,10-11H2,1H3. The van der Waals surface area contributed by atoms with Gasteiger partial charge in [-0.3, -0.25) is 13.9 Å². The maximum absolute atomic E-state index is 14.8. The summed E-state index contributed by atoms with van der Waals surface area (Å²) in [5.41, 5.74) is 1.11. The number of hydrogen-bond donors (Lipinski definition) is 1. The number of amides is 2. The van der Waals surface area contributed by atoms with Crippen LogP contribution in [0.15, 0.2) is 42.9 Å². The SMILES string of the molecule is COC(=O)N(S)CC1CN(c2ccc(-n3cc(Cn4cccn4)nn3)c(F)c2)C(=O)O1. The van der Waals surface area contributed by atoms with E-state index in [0.717, 1.165) is 4.31 Å². The number of benzene rings is 1. The number of cyclic esters (lactones) is 1. The average Bonchev–Trinajstić information content (AvgIpc) is 3.50. The highest BCUT2D eigenvalue weighted by atomic mass is 32.1. The fourth-order valence-electron chi connectivity index (χ4n) is 3.10. The first-order chi connectivity index (χ1) is 14.9. The maximum atomic E-state index is 14.8. The van der Waals surface area contributed by atoms with Gasteiger partial charge in [-0.05, 0) is 24.3 Å². The van der Waals surface area contributed by atoms with E-state index in [1.54, 1.807) is 35.4 Å². The Bertz CT molecular complexity index is 1090. The molecule has 0 aliphatic carbocycles. The van der Waals surface area contributed by atoms with E-state index in [1.807, 2.05) is 0 Å². The summed E-state index contributed by atoms with van der Waals surface area (Å²) in [6.45, 7) is 0.557. The zero-order valence-corrected chi connectivity index (χ0v) is 17.2. The molecule has 2 amide bonds. The predicted molar refractivity (Wildman–Crippen MR) is 108 cm³/mol. The molecule has 3 aromatic rings. The Morgan fingerprint density at radius 1 is 1.45 bits per heavy atom. The molecule has 0 N–H and O–H groups in total. The molecular weight excluding hydrogens is 429 g/mol. The van der Waals surface area contributed by atoms with E-state index < -0.39 is 24.1 Å². The van der Waals surface area contributed by atoms with Gasteiger partial charge in [0, 0.05) is 12.4 Å². The first-order valence-electron chi connectivity index (χ1n) is 9.15. The number of nitrogens with zero attached hydrogens (tertiary/aromatic N) is 7. The molecule has 162 valence electrons. The van der Waals surface area contributed by atoms with Gasteiger partial charge < -0.3 is 9.47 Å². The fraction of sp³-hybridized carbons (Fsp3) is 0.278. The van der Waals surface area contributed by atoms with Crippen LogP contribution in [0.5, 0.6) is 0 Å². The smallest absolute Gasteiger partial charge is 0.419 e. The second-order valence-electron chi connectivity index (χ2n) is 6.66. The lowest BCUT2D eigenvalue weighted by Gasteiger charge is -2.17. The molecule has 4 rings (SSSR count). The zero-order chi connectivity index (χ0) is 22.0. The maximum Gasteiger partial charge on any atom is 0.419 e. The molecule has 0 radical (unpaired) electrons. The molecule has 0 saturated carbocycles. The summed E-state index contributed by atoms with van der Waals surface area (Å²) in [5, 5.41) is 12.1. The Balaban J connectivity index is 1.46. The summed E-state index contributed by atoms with van der Waals surface area (Å²) in [5.74, 6) is -0.588. The molecule has 13 heteroatoms. The van der Waals surface area contributed by atoms with Crippen molar-refractivity contribution in [1.29, 1.82) is 0 Å². The third-order valence-electron chi connectivity index (χ3n) is 4.55. The van der Waals surface area contributed by atoms with E-state index in [-0.39, 0.29) is 18.8 Å². The van der Waals surface area contributed by atoms with Crippen LogP contribution in [0, 0.1) is 5.82 Å². The van der Waals surface area contributed by atoms with Crippen LogP contribution < -0.4 is 4.90 Å². The molecule has 3 heterocycles. The number of carbonyl (C=O) groups is 2.